The molecule has 0 saturated carbocycles. The average molecular weight is 198 g/mol. The topological polar surface area (TPSA) is 29.3 Å². The zero-order valence-electron chi connectivity index (χ0n) is 8.83. The van der Waals surface area contributed by atoms with Crippen molar-refractivity contribution in [3.8, 4) is 0 Å². The van der Waals surface area contributed by atoms with Gasteiger partial charge in [0.25, 0.3) is 0 Å². The molecule has 0 unspecified atom stereocenters. The van der Waals surface area contributed by atoms with Gasteiger partial charge in [-0.3, -0.25) is 0 Å². The Morgan fingerprint density at radius 1 is 1.20 bits per heavy atom. The van der Waals surface area contributed by atoms with E-state index in [1.165, 1.54) is 22.0 Å². The number of nitrogens with two attached hydrogens (primary N) is 1. The maximum atomic E-state index is 6.06. The summed E-state index contributed by atoms with van der Waals surface area (Å²) >= 11 is 0. The van der Waals surface area contributed by atoms with E-state index < -0.39 is 0 Å². The van der Waals surface area contributed by atoms with Crippen molar-refractivity contribution in [3.63, 3.8) is 0 Å². The lowest BCUT2D eigenvalue weighted by atomic mass is 10.0. The van der Waals surface area contributed by atoms with Crippen molar-refractivity contribution >= 4 is 22.1 Å². The molecule has 0 fully saturated rings. The lowest BCUT2D eigenvalue weighted by molar-refractivity contribution is 0.958. The molecule has 0 atom stereocenters. The molecular weight excluding hydrogens is 184 g/mol. The fraction of sp³-hybridized carbons (Fsp3) is 0.231. The summed E-state index contributed by atoms with van der Waals surface area (Å²) in [5, 5.41) is 2.50. The maximum absolute atomic E-state index is 6.06. The molecule has 3 rings (SSSR count). The van der Waals surface area contributed by atoms with Crippen LogP contribution in [0, 0.1) is 0 Å². The second-order valence-electron chi connectivity index (χ2n) is 4.18. The summed E-state index contributed by atoms with van der Waals surface area (Å²) < 4.78 is 0. The quantitative estimate of drug-likeness (QED) is 0.659. The number of likely N-dealkylation sites (N-methyl/N-ethyl adjacent to an activating group) is 1. The molecule has 2 nitrogen and oxygen atoms in total. The normalized spacial score (nSPS) is 14.6. The van der Waals surface area contributed by atoms with Crippen LogP contribution in [-0.4, -0.2) is 13.6 Å². The van der Waals surface area contributed by atoms with Gasteiger partial charge >= 0.3 is 0 Å². The Balaban J connectivity index is 2.43. The Hall–Kier alpha value is -1.70. The summed E-state index contributed by atoms with van der Waals surface area (Å²) in [6.07, 6.45) is 1.13. The predicted molar refractivity (Wildman–Crippen MR) is 65.3 cm³/mol. The monoisotopic (exact) mass is 198 g/mol. The molecule has 2 N–H and O–H groups in total. The number of nitrogens with zero attached hydrogens (tertiary/aromatic N) is 1. The molecule has 2 aromatic rings. The van der Waals surface area contributed by atoms with Crippen molar-refractivity contribution in [3.05, 3.63) is 35.9 Å². The van der Waals surface area contributed by atoms with E-state index in [9.17, 15) is 0 Å². The molecular formula is C13H14N2. The highest BCUT2D eigenvalue weighted by Crippen LogP contribution is 2.36. The summed E-state index contributed by atoms with van der Waals surface area (Å²) in [5.41, 5.74) is 9.70. The zero-order valence-corrected chi connectivity index (χ0v) is 8.83. The Morgan fingerprint density at radius 2 is 1.93 bits per heavy atom. The van der Waals surface area contributed by atoms with Gasteiger partial charge in [-0.05, 0) is 23.4 Å². The van der Waals surface area contributed by atoms with Gasteiger partial charge in [0.1, 0.15) is 0 Å². The van der Waals surface area contributed by atoms with E-state index in [1.54, 1.807) is 0 Å². The van der Waals surface area contributed by atoms with Gasteiger partial charge in [-0.2, -0.15) is 0 Å². The number of nitrogen functional groups attached to an aromatic ring is 1. The molecule has 0 amide bonds. The van der Waals surface area contributed by atoms with Crippen molar-refractivity contribution in [2.75, 3.05) is 24.2 Å². The van der Waals surface area contributed by atoms with Crippen LogP contribution in [0.3, 0.4) is 0 Å². The van der Waals surface area contributed by atoms with Gasteiger partial charge in [-0.25, -0.2) is 0 Å². The van der Waals surface area contributed by atoms with E-state index in [1.807, 2.05) is 6.07 Å². The Bertz CT molecular complexity index is 531. The third-order valence-corrected chi connectivity index (χ3v) is 3.27. The summed E-state index contributed by atoms with van der Waals surface area (Å²) in [5.74, 6) is 0. The minimum absolute atomic E-state index is 0.887. The molecule has 76 valence electrons. The number of fused-ring (bicyclic) bond motifs is 3. The van der Waals surface area contributed by atoms with E-state index in [0.717, 1.165) is 18.7 Å². The third-order valence-electron chi connectivity index (χ3n) is 3.27. The average Bonchev–Trinajstić information content (AvgIpc) is 2.62. The highest BCUT2D eigenvalue weighted by molar-refractivity contribution is 5.99. The highest BCUT2D eigenvalue weighted by atomic mass is 15.1. The van der Waals surface area contributed by atoms with Crippen LogP contribution in [-0.2, 0) is 6.42 Å². The molecule has 0 aromatic heterocycles. The number of rotatable bonds is 0. The fourth-order valence-corrected chi connectivity index (χ4v) is 2.45. The molecule has 0 saturated heterocycles. The largest absolute Gasteiger partial charge is 0.398 e. The summed E-state index contributed by atoms with van der Waals surface area (Å²) in [7, 11) is 2.13. The first-order valence-corrected chi connectivity index (χ1v) is 5.28. The molecule has 0 radical (unpaired) electrons. The minimum Gasteiger partial charge on any atom is -0.398 e. The second kappa shape index (κ2) is 2.89. The third kappa shape index (κ3) is 1.11. The van der Waals surface area contributed by atoms with Crippen LogP contribution >= 0.6 is 0 Å². The maximum Gasteiger partial charge on any atom is 0.0424 e. The Morgan fingerprint density at radius 3 is 2.73 bits per heavy atom. The molecule has 1 heterocycles. The van der Waals surface area contributed by atoms with Crippen molar-refractivity contribution in [2.24, 2.45) is 0 Å². The molecule has 2 aromatic carbocycles. The molecule has 15 heavy (non-hydrogen) atoms. The van der Waals surface area contributed by atoms with E-state index in [2.05, 4.69) is 36.2 Å². The van der Waals surface area contributed by atoms with E-state index in [0.29, 0.717) is 0 Å². The Labute approximate surface area is 89.3 Å². The molecule has 2 heteroatoms. The minimum atomic E-state index is 0.887. The first-order valence-electron chi connectivity index (χ1n) is 5.28. The number of hydrogen-bond donors (Lipinski definition) is 1. The molecule has 1 aliphatic heterocycles. The van der Waals surface area contributed by atoms with Crippen LogP contribution < -0.4 is 10.6 Å². The van der Waals surface area contributed by atoms with Gasteiger partial charge < -0.3 is 10.6 Å². The van der Waals surface area contributed by atoms with Crippen molar-refractivity contribution in [2.45, 2.75) is 6.42 Å². The van der Waals surface area contributed by atoms with Gasteiger partial charge in [0.2, 0.25) is 0 Å². The number of benzene rings is 2. The summed E-state index contributed by atoms with van der Waals surface area (Å²) in [6, 6.07) is 10.5. The van der Waals surface area contributed by atoms with E-state index >= 15 is 0 Å². The fourth-order valence-electron chi connectivity index (χ4n) is 2.45. The number of hydrogen-bond acceptors (Lipinski definition) is 2. The van der Waals surface area contributed by atoms with Crippen molar-refractivity contribution in [1.82, 2.24) is 0 Å². The van der Waals surface area contributed by atoms with E-state index in [4.69, 9.17) is 5.73 Å². The summed E-state index contributed by atoms with van der Waals surface area (Å²) in [4.78, 5) is 2.28. The first kappa shape index (κ1) is 8.60. The predicted octanol–water partition coefficient (Wildman–Crippen LogP) is 2.41. The van der Waals surface area contributed by atoms with Crippen LogP contribution in [0.15, 0.2) is 30.3 Å². The van der Waals surface area contributed by atoms with Crippen LogP contribution in [0.2, 0.25) is 0 Å². The van der Waals surface area contributed by atoms with Crippen molar-refractivity contribution < 1.29 is 0 Å². The SMILES string of the molecule is CN1CCc2c1cc(N)c1ccccc21. The molecule has 0 spiro atoms. The lowest BCUT2D eigenvalue weighted by Gasteiger charge is -2.14. The molecule has 0 aliphatic carbocycles. The second-order valence-corrected chi connectivity index (χ2v) is 4.18. The van der Waals surface area contributed by atoms with Gasteiger partial charge in [0.15, 0.2) is 0 Å². The molecule has 1 aliphatic rings. The smallest absolute Gasteiger partial charge is 0.0424 e. The van der Waals surface area contributed by atoms with Crippen LogP contribution in [0.25, 0.3) is 10.8 Å². The van der Waals surface area contributed by atoms with Crippen LogP contribution in [0.1, 0.15) is 5.56 Å². The van der Waals surface area contributed by atoms with Crippen LogP contribution in [0.5, 0.6) is 0 Å². The molecule has 0 bridgehead atoms. The van der Waals surface area contributed by atoms with Gasteiger partial charge in [0, 0.05) is 30.4 Å². The van der Waals surface area contributed by atoms with Gasteiger partial charge in [-0.1, -0.05) is 24.3 Å². The van der Waals surface area contributed by atoms with E-state index in [-0.39, 0.29) is 0 Å². The van der Waals surface area contributed by atoms with Crippen LogP contribution in [0.4, 0.5) is 11.4 Å². The standard InChI is InChI=1S/C13H14N2/c1-15-7-6-11-9-4-2-3-5-10(9)12(14)8-13(11)15/h2-5,8H,6-7,14H2,1H3. The van der Waals surface area contributed by atoms with Crippen molar-refractivity contribution in [1.29, 1.82) is 0 Å². The first-order chi connectivity index (χ1) is 7.27. The lowest BCUT2D eigenvalue weighted by Crippen LogP contribution is -2.12. The number of anilines is 2. The van der Waals surface area contributed by atoms with Gasteiger partial charge in [-0.15, -0.1) is 0 Å². The zero-order chi connectivity index (χ0) is 10.4. The highest BCUT2D eigenvalue weighted by Gasteiger charge is 2.19. The summed E-state index contributed by atoms with van der Waals surface area (Å²) in [6.45, 7) is 1.10. The Kier molecular flexibility index (Phi) is 1.66. The van der Waals surface area contributed by atoms with Gasteiger partial charge in [0.05, 0.1) is 0 Å².